The van der Waals surface area contributed by atoms with Gasteiger partial charge in [-0.1, -0.05) is 23.5 Å². The number of halogens is 3. The highest BCUT2D eigenvalue weighted by atomic mass is 32.1. The number of thiazole rings is 1. The van der Waals surface area contributed by atoms with Gasteiger partial charge < -0.3 is 11.1 Å². The third-order valence-electron chi connectivity index (χ3n) is 2.22. The zero-order valence-corrected chi connectivity index (χ0v) is 9.98. The highest BCUT2D eigenvalue weighted by molar-refractivity contribution is 7.19. The second-order valence-corrected chi connectivity index (χ2v) is 4.68. The van der Waals surface area contributed by atoms with Crippen molar-refractivity contribution in [3.8, 4) is 0 Å². The lowest BCUT2D eigenvalue weighted by Gasteiger charge is -2.08. The molecular formula is C11H10F3N3S. The Morgan fingerprint density at radius 3 is 2.72 bits per heavy atom. The first-order valence-corrected chi connectivity index (χ1v) is 5.88. The first-order chi connectivity index (χ1) is 8.45. The maximum atomic E-state index is 12.5. The van der Waals surface area contributed by atoms with E-state index < -0.39 is 11.7 Å². The molecule has 18 heavy (non-hydrogen) atoms. The molecule has 2 aromatic rings. The van der Waals surface area contributed by atoms with E-state index in [9.17, 15) is 13.2 Å². The lowest BCUT2D eigenvalue weighted by molar-refractivity contribution is -0.137. The van der Waals surface area contributed by atoms with Gasteiger partial charge in [0.2, 0.25) is 0 Å². The van der Waals surface area contributed by atoms with Gasteiger partial charge in [-0.15, -0.1) is 0 Å². The van der Waals surface area contributed by atoms with E-state index in [1.54, 1.807) is 6.07 Å². The lowest BCUT2D eigenvalue weighted by atomic mass is 10.1. The summed E-state index contributed by atoms with van der Waals surface area (Å²) in [6.45, 7) is 0.275. The Kier molecular flexibility index (Phi) is 3.42. The fourth-order valence-corrected chi connectivity index (χ4v) is 1.98. The molecule has 1 heterocycles. The number of alkyl halides is 3. The predicted octanol–water partition coefficient (Wildman–Crippen LogP) is 3.36. The van der Waals surface area contributed by atoms with Crippen LogP contribution >= 0.6 is 11.3 Å². The van der Waals surface area contributed by atoms with Crippen molar-refractivity contribution in [2.75, 3.05) is 11.1 Å². The maximum absolute atomic E-state index is 12.5. The van der Waals surface area contributed by atoms with Gasteiger partial charge in [-0.05, 0) is 17.7 Å². The van der Waals surface area contributed by atoms with Crippen molar-refractivity contribution in [3.63, 3.8) is 0 Å². The van der Waals surface area contributed by atoms with Crippen molar-refractivity contribution in [1.82, 2.24) is 4.98 Å². The van der Waals surface area contributed by atoms with Crippen molar-refractivity contribution in [1.29, 1.82) is 0 Å². The summed E-state index contributed by atoms with van der Waals surface area (Å²) in [6.07, 6.45) is -2.82. The number of nitrogens with one attached hydrogen (secondary N) is 1. The van der Waals surface area contributed by atoms with Crippen LogP contribution in [0.25, 0.3) is 0 Å². The van der Waals surface area contributed by atoms with E-state index in [0.717, 1.165) is 12.1 Å². The number of nitrogen functional groups attached to an aromatic ring is 1. The van der Waals surface area contributed by atoms with Gasteiger partial charge in [0.25, 0.3) is 0 Å². The Labute approximate surface area is 105 Å². The second kappa shape index (κ2) is 4.85. The number of anilines is 2. The fraction of sp³-hybridized carbons (Fsp3) is 0.182. The van der Waals surface area contributed by atoms with E-state index in [1.165, 1.54) is 23.6 Å². The Bertz CT molecular complexity index is 536. The molecular weight excluding hydrogens is 263 g/mol. The van der Waals surface area contributed by atoms with Gasteiger partial charge in [0.05, 0.1) is 11.8 Å². The van der Waals surface area contributed by atoms with E-state index in [0.29, 0.717) is 15.7 Å². The van der Waals surface area contributed by atoms with Crippen molar-refractivity contribution in [2.45, 2.75) is 12.7 Å². The highest BCUT2D eigenvalue weighted by Crippen LogP contribution is 2.29. The SMILES string of the molecule is Nc1cnc(NCc2cccc(C(F)(F)F)c2)s1. The van der Waals surface area contributed by atoms with Crippen LogP contribution < -0.4 is 11.1 Å². The fourth-order valence-electron chi connectivity index (χ4n) is 1.40. The topological polar surface area (TPSA) is 50.9 Å². The molecule has 0 saturated carbocycles. The Morgan fingerprint density at radius 2 is 2.11 bits per heavy atom. The predicted molar refractivity (Wildman–Crippen MR) is 65.3 cm³/mol. The van der Waals surface area contributed by atoms with Gasteiger partial charge in [0.1, 0.15) is 5.00 Å². The summed E-state index contributed by atoms with van der Waals surface area (Å²) in [5.41, 5.74) is 5.38. The molecule has 96 valence electrons. The van der Waals surface area contributed by atoms with Crippen molar-refractivity contribution in [2.24, 2.45) is 0 Å². The molecule has 0 radical (unpaired) electrons. The first-order valence-electron chi connectivity index (χ1n) is 5.06. The van der Waals surface area contributed by atoms with Gasteiger partial charge in [0, 0.05) is 6.54 Å². The van der Waals surface area contributed by atoms with Crippen LogP contribution in [0, 0.1) is 0 Å². The Morgan fingerprint density at radius 1 is 1.33 bits per heavy atom. The Hall–Kier alpha value is -1.76. The average molecular weight is 273 g/mol. The summed E-state index contributed by atoms with van der Waals surface area (Å²) < 4.78 is 37.5. The van der Waals surface area contributed by atoms with Crippen LogP contribution in [0.4, 0.5) is 23.3 Å². The molecule has 1 aromatic carbocycles. The number of hydrogen-bond acceptors (Lipinski definition) is 4. The van der Waals surface area contributed by atoms with Crippen LogP contribution in [0.5, 0.6) is 0 Å². The molecule has 0 amide bonds. The number of nitrogens with two attached hydrogens (primary N) is 1. The van der Waals surface area contributed by atoms with Crippen molar-refractivity contribution >= 4 is 21.5 Å². The molecule has 0 bridgehead atoms. The quantitative estimate of drug-likeness (QED) is 0.901. The minimum Gasteiger partial charge on any atom is -0.389 e. The van der Waals surface area contributed by atoms with Crippen LogP contribution in [-0.2, 0) is 12.7 Å². The Balaban J connectivity index is 2.06. The maximum Gasteiger partial charge on any atom is 0.416 e. The average Bonchev–Trinajstić information content (AvgIpc) is 2.72. The molecule has 0 fully saturated rings. The smallest absolute Gasteiger partial charge is 0.389 e. The number of rotatable bonds is 3. The summed E-state index contributed by atoms with van der Waals surface area (Å²) in [5.74, 6) is 0. The minimum atomic E-state index is -4.32. The van der Waals surface area contributed by atoms with E-state index in [-0.39, 0.29) is 6.54 Å². The first kappa shape index (κ1) is 12.7. The van der Waals surface area contributed by atoms with E-state index in [2.05, 4.69) is 10.3 Å². The van der Waals surface area contributed by atoms with E-state index >= 15 is 0 Å². The van der Waals surface area contributed by atoms with Crippen LogP contribution in [0.3, 0.4) is 0 Å². The molecule has 0 aliphatic carbocycles. The molecule has 7 heteroatoms. The second-order valence-electron chi connectivity index (χ2n) is 3.62. The van der Waals surface area contributed by atoms with Gasteiger partial charge >= 0.3 is 6.18 Å². The zero-order chi connectivity index (χ0) is 13.2. The molecule has 3 N–H and O–H groups in total. The van der Waals surface area contributed by atoms with E-state index in [1.807, 2.05) is 0 Å². The largest absolute Gasteiger partial charge is 0.416 e. The van der Waals surface area contributed by atoms with Crippen LogP contribution in [0.15, 0.2) is 30.5 Å². The number of nitrogens with zero attached hydrogens (tertiary/aromatic N) is 1. The molecule has 0 saturated heterocycles. The summed E-state index contributed by atoms with van der Waals surface area (Å²) >= 11 is 1.25. The highest BCUT2D eigenvalue weighted by Gasteiger charge is 2.30. The number of hydrogen-bond donors (Lipinski definition) is 2. The number of aromatic nitrogens is 1. The third kappa shape index (κ3) is 3.13. The third-order valence-corrected chi connectivity index (χ3v) is 3.01. The van der Waals surface area contributed by atoms with Gasteiger partial charge in [-0.25, -0.2) is 4.98 Å². The van der Waals surface area contributed by atoms with Gasteiger partial charge in [-0.3, -0.25) is 0 Å². The molecule has 0 aliphatic rings. The van der Waals surface area contributed by atoms with Crippen molar-refractivity contribution < 1.29 is 13.2 Å². The molecule has 0 unspecified atom stereocenters. The molecule has 0 atom stereocenters. The summed E-state index contributed by atoms with van der Waals surface area (Å²) in [6, 6.07) is 5.17. The summed E-state index contributed by atoms with van der Waals surface area (Å²) in [4.78, 5) is 3.96. The van der Waals surface area contributed by atoms with Gasteiger partial charge in [-0.2, -0.15) is 13.2 Å². The monoisotopic (exact) mass is 273 g/mol. The standard InChI is InChI=1S/C11H10F3N3S/c12-11(13,14)8-3-1-2-7(4-8)5-16-10-17-6-9(15)18-10/h1-4,6H,5,15H2,(H,16,17). The van der Waals surface area contributed by atoms with E-state index in [4.69, 9.17) is 5.73 Å². The zero-order valence-electron chi connectivity index (χ0n) is 9.16. The molecule has 2 rings (SSSR count). The lowest BCUT2D eigenvalue weighted by Crippen LogP contribution is -2.06. The van der Waals surface area contributed by atoms with Gasteiger partial charge in [0.15, 0.2) is 5.13 Å². The molecule has 1 aromatic heterocycles. The molecule has 0 spiro atoms. The summed E-state index contributed by atoms with van der Waals surface area (Å²) in [7, 11) is 0. The molecule has 3 nitrogen and oxygen atoms in total. The normalized spacial score (nSPS) is 11.5. The van der Waals surface area contributed by atoms with Crippen LogP contribution in [-0.4, -0.2) is 4.98 Å². The van der Waals surface area contributed by atoms with Crippen LogP contribution in [0.2, 0.25) is 0 Å². The minimum absolute atomic E-state index is 0.275. The molecule has 0 aliphatic heterocycles. The van der Waals surface area contributed by atoms with Crippen LogP contribution in [0.1, 0.15) is 11.1 Å². The summed E-state index contributed by atoms with van der Waals surface area (Å²) in [5, 5.41) is 4.07. The number of benzene rings is 1. The van der Waals surface area contributed by atoms with Crippen molar-refractivity contribution in [3.05, 3.63) is 41.6 Å².